The topological polar surface area (TPSA) is 6.48 Å². The van der Waals surface area contributed by atoms with Crippen molar-refractivity contribution in [3.8, 4) is 44.5 Å². The normalized spacial score (nSPS) is 12.7. The van der Waals surface area contributed by atoms with Gasteiger partial charge in [0.2, 0.25) is 0 Å². The molecule has 4 heteroatoms. The summed E-state index contributed by atoms with van der Waals surface area (Å²) in [7, 11) is 0. The highest BCUT2D eigenvalue weighted by Crippen LogP contribution is 2.53. The summed E-state index contributed by atoms with van der Waals surface area (Å²) in [5.74, 6) is 0. The maximum absolute atomic E-state index is 2.64. The maximum atomic E-state index is 2.64. The first-order valence-electron chi connectivity index (χ1n) is 21.4. The highest BCUT2D eigenvalue weighted by Gasteiger charge is 2.46. The van der Waals surface area contributed by atoms with Crippen LogP contribution >= 0.6 is 11.3 Å². The molecule has 0 atom stereocenters. The molecule has 0 unspecified atom stereocenters. The summed E-state index contributed by atoms with van der Waals surface area (Å²) in [5, 5.41) is 5.07. The lowest BCUT2D eigenvalue weighted by Crippen LogP contribution is -2.61. The Labute approximate surface area is 365 Å². The van der Waals surface area contributed by atoms with Crippen LogP contribution in [0.25, 0.3) is 75.5 Å². The van der Waals surface area contributed by atoms with Gasteiger partial charge in [0.15, 0.2) is 0 Å². The summed E-state index contributed by atoms with van der Waals surface area (Å²) in [4.78, 5) is 5.22. The van der Waals surface area contributed by atoms with Crippen LogP contribution in [-0.4, -0.2) is 6.85 Å². The number of rotatable bonds is 5. The van der Waals surface area contributed by atoms with Gasteiger partial charge < -0.3 is 9.71 Å². The van der Waals surface area contributed by atoms with Gasteiger partial charge in [0.25, 0.3) is 0 Å². The molecule has 62 heavy (non-hydrogen) atoms. The summed E-state index contributed by atoms with van der Waals surface area (Å²) in [5.41, 5.74) is 18.4. The van der Waals surface area contributed by atoms with Crippen molar-refractivity contribution in [1.29, 1.82) is 0 Å². The lowest BCUT2D eigenvalue weighted by molar-refractivity contribution is 1.29. The van der Waals surface area contributed by atoms with E-state index < -0.39 is 0 Å². The lowest BCUT2D eigenvalue weighted by atomic mass is 9.43. The smallest absolute Gasteiger partial charge is 0.333 e. The first-order valence-corrected chi connectivity index (χ1v) is 22.2. The molecule has 3 heterocycles. The molecule has 11 aromatic rings. The predicted octanol–water partition coefficient (Wildman–Crippen LogP) is 14.9. The maximum Gasteiger partial charge on any atom is 0.333 e. The van der Waals surface area contributed by atoms with Crippen molar-refractivity contribution in [2.45, 2.75) is 0 Å². The standard InChI is InChI=1S/C58H37BN2S/c1-4-14-38(15-5-1)41-24-29-46(30-25-41)60-53-33-28-45(40-18-8-3-9-19-40)35-52(53)59-56-50(37-51-48-22-12-13-23-55(48)62-58(51)57(56)60)49-34-43-20-10-11-21-44(43)36-54(49)61(59)47-31-26-42(27-32-47)39-16-6-2-7-17-39/h1-37H. The number of nitrogens with zero attached hydrogens (tertiary/aromatic N) is 2. The molecule has 2 aliphatic heterocycles. The van der Waals surface area contributed by atoms with E-state index in [0.29, 0.717) is 0 Å². The second-order valence-electron chi connectivity index (χ2n) is 16.5. The Morgan fingerprint density at radius 3 is 1.56 bits per heavy atom. The molecule has 10 aromatic carbocycles. The van der Waals surface area contributed by atoms with Crippen molar-refractivity contribution in [2.75, 3.05) is 9.71 Å². The SMILES string of the molecule is c1ccc(-c2ccc(N3B4c5cc(-c6ccccc6)ccc5N(c5ccc(-c6ccccc6)cc5)c5c4c(cc4c5sc5ccccc54)-c4cc5ccccc5cc43)cc2)cc1. The highest BCUT2D eigenvalue weighted by molar-refractivity contribution is 7.26. The number of fused-ring (bicyclic) bond motifs is 9. The van der Waals surface area contributed by atoms with Gasteiger partial charge in [0.1, 0.15) is 0 Å². The highest BCUT2D eigenvalue weighted by atomic mass is 32.1. The van der Waals surface area contributed by atoms with Gasteiger partial charge in [-0.05, 0) is 115 Å². The number of hydrogen-bond donors (Lipinski definition) is 0. The molecular formula is C58H37BN2S. The van der Waals surface area contributed by atoms with Crippen LogP contribution in [0.4, 0.5) is 28.4 Å². The molecule has 2 nitrogen and oxygen atoms in total. The van der Waals surface area contributed by atoms with Crippen LogP contribution in [0.15, 0.2) is 224 Å². The van der Waals surface area contributed by atoms with Crippen LogP contribution in [0.1, 0.15) is 0 Å². The van der Waals surface area contributed by atoms with Crippen molar-refractivity contribution < 1.29 is 0 Å². The molecule has 0 bridgehead atoms. The van der Waals surface area contributed by atoms with Crippen LogP contribution in [0.5, 0.6) is 0 Å². The van der Waals surface area contributed by atoms with Crippen molar-refractivity contribution >= 4 is 88.5 Å². The molecule has 0 amide bonds. The molecule has 0 saturated carbocycles. The van der Waals surface area contributed by atoms with E-state index in [1.54, 1.807) is 0 Å². The summed E-state index contributed by atoms with van der Waals surface area (Å²) in [6.45, 7) is -0.121. The van der Waals surface area contributed by atoms with Gasteiger partial charge in [-0.25, -0.2) is 0 Å². The van der Waals surface area contributed by atoms with Gasteiger partial charge in [0, 0.05) is 43.8 Å². The molecule has 0 N–H and O–H groups in total. The van der Waals surface area contributed by atoms with Crippen LogP contribution in [0.2, 0.25) is 0 Å². The van der Waals surface area contributed by atoms with E-state index in [-0.39, 0.29) is 6.85 Å². The number of thiophene rings is 1. The zero-order chi connectivity index (χ0) is 40.7. The molecule has 13 rings (SSSR count). The number of benzene rings is 10. The zero-order valence-electron chi connectivity index (χ0n) is 33.7. The monoisotopic (exact) mass is 804 g/mol. The van der Waals surface area contributed by atoms with Gasteiger partial charge in [-0.3, -0.25) is 0 Å². The van der Waals surface area contributed by atoms with Crippen molar-refractivity contribution in [3.63, 3.8) is 0 Å². The molecule has 0 saturated heterocycles. The van der Waals surface area contributed by atoms with E-state index in [9.17, 15) is 0 Å². The molecule has 0 spiro atoms. The van der Waals surface area contributed by atoms with Gasteiger partial charge in [0.05, 0.1) is 10.4 Å². The van der Waals surface area contributed by atoms with E-state index in [2.05, 4.69) is 234 Å². The van der Waals surface area contributed by atoms with Crippen LogP contribution in [0.3, 0.4) is 0 Å². The fourth-order valence-corrected chi connectivity index (χ4v) is 11.4. The molecule has 1 aromatic heterocycles. The third-order valence-electron chi connectivity index (χ3n) is 13.0. The Bertz CT molecular complexity index is 3510. The van der Waals surface area contributed by atoms with Crippen molar-refractivity contribution in [2.24, 2.45) is 0 Å². The van der Waals surface area contributed by atoms with Crippen LogP contribution in [0, 0.1) is 0 Å². The second kappa shape index (κ2) is 14.0. The lowest BCUT2D eigenvalue weighted by Gasteiger charge is -2.46. The molecule has 0 radical (unpaired) electrons. The summed E-state index contributed by atoms with van der Waals surface area (Å²) in [6.07, 6.45) is 0. The largest absolute Gasteiger partial charge is 0.376 e. The van der Waals surface area contributed by atoms with E-state index in [0.717, 1.165) is 11.4 Å². The van der Waals surface area contributed by atoms with E-state index in [4.69, 9.17) is 0 Å². The minimum absolute atomic E-state index is 0.121. The average molecular weight is 805 g/mol. The molecule has 2 aliphatic rings. The minimum Gasteiger partial charge on any atom is -0.376 e. The average Bonchev–Trinajstić information content (AvgIpc) is 3.73. The van der Waals surface area contributed by atoms with Gasteiger partial charge in [-0.15, -0.1) is 11.3 Å². The second-order valence-corrected chi connectivity index (χ2v) is 17.5. The first-order chi connectivity index (χ1) is 30.7. The van der Waals surface area contributed by atoms with E-state index >= 15 is 0 Å². The van der Waals surface area contributed by atoms with Gasteiger partial charge >= 0.3 is 6.85 Å². The molecule has 0 fully saturated rings. The zero-order valence-corrected chi connectivity index (χ0v) is 34.6. The number of hydrogen-bond acceptors (Lipinski definition) is 3. The van der Waals surface area contributed by atoms with Crippen molar-refractivity contribution in [3.05, 3.63) is 224 Å². The molecule has 0 aliphatic carbocycles. The van der Waals surface area contributed by atoms with Crippen molar-refractivity contribution in [1.82, 2.24) is 0 Å². The Morgan fingerprint density at radius 1 is 0.371 bits per heavy atom. The third kappa shape index (κ3) is 5.43. The van der Waals surface area contributed by atoms with Crippen LogP contribution in [-0.2, 0) is 0 Å². The van der Waals surface area contributed by atoms with Gasteiger partial charge in [-0.1, -0.05) is 170 Å². The summed E-state index contributed by atoms with van der Waals surface area (Å²) in [6, 6.07) is 83.1. The fourth-order valence-electron chi connectivity index (χ4n) is 10.1. The summed E-state index contributed by atoms with van der Waals surface area (Å²) < 4.78 is 2.61. The third-order valence-corrected chi connectivity index (χ3v) is 14.2. The first kappa shape index (κ1) is 35.1. The van der Waals surface area contributed by atoms with E-state index in [1.165, 1.54) is 103 Å². The molecule has 288 valence electrons. The fraction of sp³-hybridized carbons (Fsp3) is 0. The van der Waals surface area contributed by atoms with Gasteiger partial charge in [-0.2, -0.15) is 0 Å². The van der Waals surface area contributed by atoms with Crippen LogP contribution < -0.4 is 20.6 Å². The quantitative estimate of drug-likeness (QED) is 0.160. The van der Waals surface area contributed by atoms with E-state index in [1.807, 2.05) is 11.3 Å². The number of anilines is 5. The Kier molecular flexibility index (Phi) is 7.91. The summed E-state index contributed by atoms with van der Waals surface area (Å²) >= 11 is 1.92. The predicted molar refractivity (Wildman–Crippen MR) is 267 cm³/mol. The molecular weight excluding hydrogens is 768 g/mol. The Balaban J connectivity index is 1.15. The Hall–Kier alpha value is -7.66. The Morgan fingerprint density at radius 2 is 0.903 bits per heavy atom. The minimum atomic E-state index is -0.121.